The minimum Gasteiger partial charge on any atom is -0.353 e. The lowest BCUT2D eigenvalue weighted by molar-refractivity contribution is -0.133. The summed E-state index contributed by atoms with van der Waals surface area (Å²) < 4.78 is 0. The highest BCUT2D eigenvalue weighted by molar-refractivity contribution is 5.82. The van der Waals surface area contributed by atoms with E-state index in [9.17, 15) is 4.79 Å². The summed E-state index contributed by atoms with van der Waals surface area (Å²) in [5.41, 5.74) is -0.121. The Hall–Kier alpha value is -0.570. The third kappa shape index (κ3) is 2.33. The van der Waals surface area contributed by atoms with E-state index in [0.29, 0.717) is 6.04 Å². The first-order chi connectivity index (χ1) is 7.10. The number of carbonyl (C=O) groups is 1. The van der Waals surface area contributed by atoms with Crippen molar-refractivity contribution >= 4 is 5.91 Å². The largest absolute Gasteiger partial charge is 0.353 e. The molecule has 1 aliphatic carbocycles. The van der Waals surface area contributed by atoms with Gasteiger partial charge >= 0.3 is 0 Å². The number of amides is 1. The topological polar surface area (TPSA) is 41.1 Å². The third-order valence-electron chi connectivity index (χ3n) is 3.96. The van der Waals surface area contributed by atoms with Crippen LogP contribution in [0, 0.1) is 11.3 Å². The van der Waals surface area contributed by atoms with Gasteiger partial charge in [0, 0.05) is 11.5 Å². The van der Waals surface area contributed by atoms with E-state index in [4.69, 9.17) is 0 Å². The monoisotopic (exact) mass is 210 g/mol. The molecule has 0 unspecified atom stereocenters. The number of piperidine rings is 1. The molecule has 0 aromatic carbocycles. The molecule has 3 heteroatoms. The molecule has 2 aliphatic rings. The van der Waals surface area contributed by atoms with Crippen LogP contribution in [-0.2, 0) is 4.79 Å². The predicted octanol–water partition coefficient (Wildman–Crippen LogP) is 1.29. The highest BCUT2D eigenvalue weighted by Crippen LogP contribution is 2.31. The molecule has 0 atom stereocenters. The summed E-state index contributed by atoms with van der Waals surface area (Å²) in [6.07, 6.45) is 4.28. The minimum atomic E-state index is -0.121. The van der Waals surface area contributed by atoms with E-state index < -0.39 is 0 Å². The van der Waals surface area contributed by atoms with Crippen molar-refractivity contribution in [1.29, 1.82) is 0 Å². The fourth-order valence-electron chi connectivity index (χ4n) is 2.59. The second-order valence-corrected chi connectivity index (χ2v) is 5.56. The number of nitrogens with one attached hydrogen (secondary N) is 2. The van der Waals surface area contributed by atoms with Crippen molar-refractivity contribution in [1.82, 2.24) is 10.6 Å². The van der Waals surface area contributed by atoms with Crippen molar-refractivity contribution in [2.24, 2.45) is 11.3 Å². The average molecular weight is 210 g/mol. The van der Waals surface area contributed by atoms with Crippen LogP contribution in [0.15, 0.2) is 0 Å². The van der Waals surface area contributed by atoms with Gasteiger partial charge in [-0.3, -0.25) is 4.79 Å². The zero-order valence-corrected chi connectivity index (χ0v) is 9.81. The van der Waals surface area contributed by atoms with Gasteiger partial charge in [0.1, 0.15) is 0 Å². The molecule has 3 nitrogen and oxygen atoms in total. The quantitative estimate of drug-likeness (QED) is 0.721. The summed E-state index contributed by atoms with van der Waals surface area (Å²) in [6, 6.07) is 0.458. The normalized spacial score (nSPS) is 34.3. The smallest absolute Gasteiger partial charge is 0.226 e. The second kappa shape index (κ2) is 4.12. The van der Waals surface area contributed by atoms with Crippen LogP contribution in [0.3, 0.4) is 0 Å². The zero-order valence-electron chi connectivity index (χ0n) is 9.81. The van der Waals surface area contributed by atoms with Gasteiger partial charge in [0.2, 0.25) is 5.91 Å². The van der Waals surface area contributed by atoms with Crippen LogP contribution in [0.4, 0.5) is 0 Å². The van der Waals surface area contributed by atoms with Gasteiger partial charge in [-0.1, -0.05) is 13.8 Å². The average Bonchev–Trinajstić information content (AvgIpc) is 2.16. The molecular weight excluding hydrogens is 188 g/mol. The maximum absolute atomic E-state index is 12.1. The molecule has 0 spiro atoms. The lowest BCUT2D eigenvalue weighted by atomic mass is 9.77. The molecule has 0 radical (unpaired) electrons. The molecule has 0 aromatic rings. The van der Waals surface area contributed by atoms with Gasteiger partial charge in [0.25, 0.3) is 0 Å². The summed E-state index contributed by atoms with van der Waals surface area (Å²) in [7, 11) is 0. The lowest BCUT2D eigenvalue weighted by Gasteiger charge is -2.38. The first kappa shape index (κ1) is 10.9. The van der Waals surface area contributed by atoms with Crippen molar-refractivity contribution in [3.05, 3.63) is 0 Å². The van der Waals surface area contributed by atoms with Crippen LogP contribution in [-0.4, -0.2) is 25.0 Å². The van der Waals surface area contributed by atoms with Crippen LogP contribution >= 0.6 is 0 Å². The lowest BCUT2D eigenvalue weighted by Crippen LogP contribution is -2.51. The molecule has 15 heavy (non-hydrogen) atoms. The van der Waals surface area contributed by atoms with Crippen molar-refractivity contribution in [3.8, 4) is 0 Å². The summed E-state index contributed by atoms with van der Waals surface area (Å²) in [4.78, 5) is 12.1. The van der Waals surface area contributed by atoms with Gasteiger partial charge < -0.3 is 10.6 Å². The van der Waals surface area contributed by atoms with E-state index in [0.717, 1.165) is 31.8 Å². The standard InChI is InChI=1S/C12H22N2O/c1-9-7-10(8-9)14-11(15)12(2)3-5-13-6-4-12/h9-10,13H,3-8H2,1-2H3,(H,14,15). The first-order valence-electron chi connectivity index (χ1n) is 6.12. The first-order valence-corrected chi connectivity index (χ1v) is 6.12. The second-order valence-electron chi connectivity index (χ2n) is 5.56. The van der Waals surface area contributed by atoms with Crippen LogP contribution in [0.25, 0.3) is 0 Å². The Morgan fingerprint density at radius 2 is 1.93 bits per heavy atom. The van der Waals surface area contributed by atoms with Gasteiger partial charge in [-0.25, -0.2) is 0 Å². The molecule has 0 aromatic heterocycles. The molecule has 1 heterocycles. The highest BCUT2D eigenvalue weighted by Gasteiger charge is 2.37. The van der Waals surface area contributed by atoms with E-state index in [2.05, 4.69) is 24.5 Å². The fourth-order valence-corrected chi connectivity index (χ4v) is 2.59. The Morgan fingerprint density at radius 3 is 2.47 bits per heavy atom. The van der Waals surface area contributed by atoms with E-state index in [1.54, 1.807) is 0 Å². The minimum absolute atomic E-state index is 0.121. The van der Waals surface area contributed by atoms with Crippen molar-refractivity contribution in [2.45, 2.75) is 45.6 Å². The summed E-state index contributed by atoms with van der Waals surface area (Å²) in [5.74, 6) is 1.08. The van der Waals surface area contributed by atoms with E-state index in [1.807, 2.05) is 0 Å². The van der Waals surface area contributed by atoms with Crippen molar-refractivity contribution in [2.75, 3.05) is 13.1 Å². The molecule has 1 saturated heterocycles. The predicted molar refractivity (Wildman–Crippen MR) is 60.5 cm³/mol. The van der Waals surface area contributed by atoms with Crippen LogP contribution in [0.1, 0.15) is 39.5 Å². The number of rotatable bonds is 2. The number of carbonyl (C=O) groups excluding carboxylic acids is 1. The fraction of sp³-hybridized carbons (Fsp3) is 0.917. The molecule has 1 aliphatic heterocycles. The van der Waals surface area contributed by atoms with Crippen molar-refractivity contribution < 1.29 is 4.79 Å². The van der Waals surface area contributed by atoms with Crippen LogP contribution in [0.5, 0.6) is 0 Å². The van der Waals surface area contributed by atoms with E-state index in [-0.39, 0.29) is 11.3 Å². The van der Waals surface area contributed by atoms with Crippen molar-refractivity contribution in [3.63, 3.8) is 0 Å². The molecule has 2 rings (SSSR count). The van der Waals surface area contributed by atoms with Gasteiger partial charge in [-0.2, -0.15) is 0 Å². The zero-order chi connectivity index (χ0) is 10.9. The molecule has 86 valence electrons. The SMILES string of the molecule is CC1CC(NC(=O)C2(C)CCNCC2)C1. The maximum Gasteiger partial charge on any atom is 0.226 e. The summed E-state index contributed by atoms with van der Waals surface area (Å²) >= 11 is 0. The van der Waals surface area contributed by atoms with Gasteiger partial charge in [0.05, 0.1) is 0 Å². The maximum atomic E-state index is 12.1. The third-order valence-corrected chi connectivity index (χ3v) is 3.96. The van der Waals surface area contributed by atoms with Crippen LogP contribution in [0.2, 0.25) is 0 Å². The Bertz CT molecular complexity index is 240. The van der Waals surface area contributed by atoms with E-state index in [1.165, 1.54) is 12.8 Å². The Kier molecular flexibility index (Phi) is 3.01. The molecule has 2 fully saturated rings. The van der Waals surface area contributed by atoms with Crippen LogP contribution < -0.4 is 10.6 Å². The molecule has 1 amide bonds. The Morgan fingerprint density at radius 1 is 1.33 bits per heavy atom. The summed E-state index contributed by atoms with van der Waals surface area (Å²) in [5, 5.41) is 6.49. The molecule has 1 saturated carbocycles. The Labute approximate surface area is 92.0 Å². The molecule has 0 bridgehead atoms. The van der Waals surface area contributed by atoms with E-state index >= 15 is 0 Å². The summed E-state index contributed by atoms with van der Waals surface area (Å²) in [6.45, 7) is 6.30. The molecular formula is C12H22N2O. The molecule has 2 N–H and O–H groups in total. The Balaban J connectivity index is 1.83. The van der Waals surface area contributed by atoms with Gasteiger partial charge in [-0.15, -0.1) is 0 Å². The highest BCUT2D eigenvalue weighted by atomic mass is 16.2. The number of hydrogen-bond donors (Lipinski definition) is 2. The van der Waals surface area contributed by atoms with Gasteiger partial charge in [0.15, 0.2) is 0 Å². The van der Waals surface area contributed by atoms with Gasteiger partial charge in [-0.05, 0) is 44.7 Å². The number of hydrogen-bond acceptors (Lipinski definition) is 2.